The molecular weight excluding hydrogens is 240 g/mol. The van der Waals surface area contributed by atoms with Crippen LogP contribution >= 0.6 is 11.6 Å². The zero-order valence-electron chi connectivity index (χ0n) is 9.45. The van der Waals surface area contributed by atoms with Crippen molar-refractivity contribution in [3.8, 4) is 0 Å². The predicted molar refractivity (Wildman–Crippen MR) is 65.4 cm³/mol. The maximum absolute atomic E-state index is 11.9. The van der Waals surface area contributed by atoms with E-state index >= 15 is 0 Å². The molecule has 0 bridgehead atoms. The average Bonchev–Trinajstić information content (AvgIpc) is 2.68. The number of rotatable bonds is 2. The molecule has 17 heavy (non-hydrogen) atoms. The summed E-state index contributed by atoms with van der Waals surface area (Å²) in [6.07, 6.45) is 1.40. The lowest BCUT2D eigenvalue weighted by molar-refractivity contribution is 0.102. The average molecular weight is 251 g/mol. The number of nitrogens with one attached hydrogen (secondary N) is 1. The molecule has 0 aliphatic carbocycles. The molecule has 5 heteroatoms. The SMILES string of the molecule is Cc1cc(Cl)ccc1NC(=O)c1cnoc1C. The Morgan fingerprint density at radius 3 is 2.76 bits per heavy atom. The maximum Gasteiger partial charge on any atom is 0.260 e. The van der Waals surface area contributed by atoms with Crippen LogP contribution in [-0.2, 0) is 0 Å². The van der Waals surface area contributed by atoms with E-state index in [9.17, 15) is 4.79 Å². The van der Waals surface area contributed by atoms with E-state index in [4.69, 9.17) is 16.1 Å². The molecule has 88 valence electrons. The van der Waals surface area contributed by atoms with Crippen LogP contribution in [-0.4, -0.2) is 11.1 Å². The third-order valence-electron chi connectivity index (χ3n) is 2.43. The number of carbonyl (C=O) groups is 1. The van der Waals surface area contributed by atoms with Crippen molar-refractivity contribution in [2.45, 2.75) is 13.8 Å². The first-order chi connectivity index (χ1) is 8.08. The van der Waals surface area contributed by atoms with Crippen molar-refractivity contribution >= 4 is 23.2 Å². The summed E-state index contributed by atoms with van der Waals surface area (Å²) in [5.74, 6) is 0.253. The van der Waals surface area contributed by atoms with Crippen LogP contribution in [0.25, 0.3) is 0 Å². The van der Waals surface area contributed by atoms with Gasteiger partial charge in [0, 0.05) is 10.7 Å². The largest absolute Gasteiger partial charge is 0.361 e. The molecule has 0 radical (unpaired) electrons. The Morgan fingerprint density at radius 1 is 1.41 bits per heavy atom. The van der Waals surface area contributed by atoms with Gasteiger partial charge in [-0.3, -0.25) is 4.79 Å². The number of anilines is 1. The monoisotopic (exact) mass is 250 g/mol. The molecule has 4 nitrogen and oxygen atoms in total. The minimum absolute atomic E-state index is 0.242. The molecule has 0 aliphatic rings. The van der Waals surface area contributed by atoms with Gasteiger partial charge in [0.15, 0.2) is 0 Å². The quantitative estimate of drug-likeness (QED) is 0.891. The van der Waals surface area contributed by atoms with Crippen molar-refractivity contribution in [3.63, 3.8) is 0 Å². The van der Waals surface area contributed by atoms with Gasteiger partial charge in [-0.15, -0.1) is 0 Å². The molecule has 0 unspecified atom stereocenters. The minimum atomic E-state index is -0.242. The summed E-state index contributed by atoms with van der Waals surface area (Å²) in [4.78, 5) is 11.9. The van der Waals surface area contributed by atoms with Crippen LogP contribution in [0, 0.1) is 13.8 Å². The highest BCUT2D eigenvalue weighted by Crippen LogP contribution is 2.20. The second-order valence-corrected chi connectivity index (χ2v) is 4.15. The summed E-state index contributed by atoms with van der Waals surface area (Å²) in [5, 5.41) is 6.99. The molecule has 0 saturated carbocycles. The number of halogens is 1. The Morgan fingerprint density at radius 2 is 2.18 bits per heavy atom. The smallest absolute Gasteiger partial charge is 0.260 e. The van der Waals surface area contributed by atoms with E-state index in [1.165, 1.54) is 6.20 Å². The van der Waals surface area contributed by atoms with Crippen LogP contribution < -0.4 is 5.32 Å². The van der Waals surface area contributed by atoms with Gasteiger partial charge in [-0.25, -0.2) is 0 Å². The topological polar surface area (TPSA) is 55.1 Å². The molecular formula is C12H11ClN2O2. The van der Waals surface area contributed by atoms with Crippen LogP contribution in [0.1, 0.15) is 21.7 Å². The Bertz CT molecular complexity index is 563. The summed E-state index contributed by atoms with van der Waals surface area (Å²) in [6.45, 7) is 3.57. The number of benzene rings is 1. The van der Waals surface area contributed by atoms with E-state index in [1.807, 2.05) is 6.92 Å². The van der Waals surface area contributed by atoms with Gasteiger partial charge >= 0.3 is 0 Å². The van der Waals surface area contributed by atoms with Crippen molar-refractivity contribution < 1.29 is 9.32 Å². The second kappa shape index (κ2) is 4.59. The molecule has 2 aromatic rings. The number of hydrogen-bond donors (Lipinski definition) is 1. The molecule has 1 aromatic carbocycles. The maximum atomic E-state index is 11.9. The number of amides is 1. The zero-order valence-corrected chi connectivity index (χ0v) is 10.2. The normalized spacial score (nSPS) is 10.3. The van der Waals surface area contributed by atoms with E-state index in [0.717, 1.165) is 11.3 Å². The van der Waals surface area contributed by atoms with Gasteiger partial charge in [-0.2, -0.15) is 0 Å². The summed E-state index contributed by atoms with van der Waals surface area (Å²) >= 11 is 5.84. The van der Waals surface area contributed by atoms with E-state index in [0.29, 0.717) is 16.3 Å². The van der Waals surface area contributed by atoms with Gasteiger partial charge in [0.05, 0.1) is 6.20 Å². The number of aryl methyl sites for hydroxylation is 2. The van der Waals surface area contributed by atoms with Crippen LogP contribution in [0.3, 0.4) is 0 Å². The number of nitrogens with zero attached hydrogens (tertiary/aromatic N) is 1. The van der Waals surface area contributed by atoms with E-state index in [1.54, 1.807) is 25.1 Å². The third-order valence-corrected chi connectivity index (χ3v) is 2.67. The molecule has 0 aliphatic heterocycles. The van der Waals surface area contributed by atoms with Crippen molar-refractivity contribution in [1.82, 2.24) is 5.16 Å². The molecule has 1 aromatic heterocycles. The first-order valence-electron chi connectivity index (χ1n) is 5.06. The number of carbonyl (C=O) groups excluding carboxylic acids is 1. The van der Waals surface area contributed by atoms with Crippen LogP contribution in [0.15, 0.2) is 28.9 Å². The number of hydrogen-bond acceptors (Lipinski definition) is 3. The molecule has 0 spiro atoms. The summed E-state index contributed by atoms with van der Waals surface area (Å²) < 4.78 is 4.84. The fourth-order valence-corrected chi connectivity index (χ4v) is 1.70. The Labute approximate surface area is 104 Å². The van der Waals surface area contributed by atoms with Crippen molar-refractivity contribution in [2.24, 2.45) is 0 Å². The van der Waals surface area contributed by atoms with E-state index in [-0.39, 0.29) is 5.91 Å². The van der Waals surface area contributed by atoms with Crippen molar-refractivity contribution in [3.05, 3.63) is 46.3 Å². The van der Waals surface area contributed by atoms with Gasteiger partial charge in [0.25, 0.3) is 5.91 Å². The molecule has 0 atom stereocenters. The fraction of sp³-hybridized carbons (Fsp3) is 0.167. The predicted octanol–water partition coefficient (Wildman–Crippen LogP) is 3.20. The first-order valence-corrected chi connectivity index (χ1v) is 5.44. The van der Waals surface area contributed by atoms with Gasteiger partial charge in [-0.1, -0.05) is 16.8 Å². The van der Waals surface area contributed by atoms with Gasteiger partial charge < -0.3 is 9.84 Å². The van der Waals surface area contributed by atoms with Crippen LogP contribution in [0.2, 0.25) is 5.02 Å². The molecule has 1 amide bonds. The zero-order chi connectivity index (χ0) is 12.4. The lowest BCUT2D eigenvalue weighted by Gasteiger charge is -2.07. The fourth-order valence-electron chi connectivity index (χ4n) is 1.47. The van der Waals surface area contributed by atoms with E-state index in [2.05, 4.69) is 10.5 Å². The lowest BCUT2D eigenvalue weighted by atomic mass is 10.2. The summed E-state index contributed by atoms with van der Waals surface area (Å²) in [6, 6.07) is 5.28. The molecule has 0 saturated heterocycles. The Kier molecular flexibility index (Phi) is 3.15. The molecule has 0 fully saturated rings. The number of aromatic nitrogens is 1. The van der Waals surface area contributed by atoms with Gasteiger partial charge in [0.2, 0.25) is 0 Å². The van der Waals surface area contributed by atoms with Gasteiger partial charge in [0.1, 0.15) is 11.3 Å². The van der Waals surface area contributed by atoms with E-state index < -0.39 is 0 Å². The highest BCUT2D eigenvalue weighted by atomic mass is 35.5. The van der Waals surface area contributed by atoms with Crippen molar-refractivity contribution in [1.29, 1.82) is 0 Å². The first kappa shape index (κ1) is 11.7. The summed E-state index contributed by atoms with van der Waals surface area (Å²) in [7, 11) is 0. The minimum Gasteiger partial charge on any atom is -0.361 e. The molecule has 1 heterocycles. The third kappa shape index (κ3) is 2.47. The molecule has 1 N–H and O–H groups in total. The Balaban J connectivity index is 2.22. The van der Waals surface area contributed by atoms with Crippen molar-refractivity contribution in [2.75, 3.05) is 5.32 Å². The second-order valence-electron chi connectivity index (χ2n) is 3.71. The molecule has 2 rings (SSSR count). The highest BCUT2D eigenvalue weighted by Gasteiger charge is 2.13. The van der Waals surface area contributed by atoms with Crippen LogP contribution in [0.5, 0.6) is 0 Å². The van der Waals surface area contributed by atoms with Crippen LogP contribution in [0.4, 0.5) is 5.69 Å². The van der Waals surface area contributed by atoms with Gasteiger partial charge in [-0.05, 0) is 37.6 Å². The Hall–Kier alpha value is -1.81. The summed E-state index contributed by atoms with van der Waals surface area (Å²) in [5.41, 5.74) is 2.05. The lowest BCUT2D eigenvalue weighted by Crippen LogP contribution is -2.12. The highest BCUT2D eigenvalue weighted by molar-refractivity contribution is 6.30. The standard InChI is InChI=1S/C12H11ClN2O2/c1-7-5-9(13)3-4-11(7)15-12(16)10-6-14-17-8(10)2/h3-6H,1-2H3,(H,15,16).